The van der Waals surface area contributed by atoms with Crippen molar-refractivity contribution >= 4 is 30.9 Å². The van der Waals surface area contributed by atoms with Crippen LogP contribution < -0.4 is 4.90 Å². The molecule has 158 valence electrons. The highest BCUT2D eigenvalue weighted by molar-refractivity contribution is 7.59. The van der Waals surface area contributed by atoms with Gasteiger partial charge >= 0.3 is 0 Å². The highest BCUT2D eigenvalue weighted by atomic mass is 31.2. The van der Waals surface area contributed by atoms with Gasteiger partial charge in [-0.1, -0.05) is 24.3 Å². The standard InChI is InChI=1S/C21H26N5O3P/c1-23(2)30(24(3)4,25(5)6)22-19(27)17-13-9-10-14-18(17)26-20(28)15-11-7-8-12-16(15)21(26)29/h7-14H,1-6H3. The molecule has 0 saturated carbocycles. The molecule has 0 atom stereocenters. The maximum absolute atomic E-state index is 13.4. The fourth-order valence-corrected chi connectivity index (χ4v) is 6.81. The first-order valence-electron chi connectivity index (χ1n) is 9.39. The second-order valence-corrected chi connectivity index (χ2v) is 11.2. The van der Waals surface area contributed by atoms with Crippen molar-refractivity contribution in [2.75, 3.05) is 47.2 Å². The molecule has 3 rings (SSSR count). The molecule has 0 aliphatic carbocycles. The third-order valence-electron chi connectivity index (χ3n) is 5.00. The summed E-state index contributed by atoms with van der Waals surface area (Å²) in [6.45, 7) is 0. The Labute approximate surface area is 176 Å². The summed E-state index contributed by atoms with van der Waals surface area (Å²) in [5.74, 6) is -1.36. The van der Waals surface area contributed by atoms with Crippen LogP contribution in [0, 0.1) is 0 Å². The summed E-state index contributed by atoms with van der Waals surface area (Å²) in [4.78, 5) is 40.3. The van der Waals surface area contributed by atoms with Gasteiger partial charge in [0.25, 0.3) is 17.7 Å². The summed E-state index contributed by atoms with van der Waals surface area (Å²) < 4.78 is 10.4. The molecule has 9 heteroatoms. The Hall–Kier alpha value is -2.64. The van der Waals surface area contributed by atoms with E-state index in [4.69, 9.17) is 0 Å². The largest absolute Gasteiger partial charge is 0.281 e. The lowest BCUT2D eigenvalue weighted by Crippen LogP contribution is -2.32. The zero-order valence-corrected chi connectivity index (χ0v) is 18.9. The maximum atomic E-state index is 13.4. The molecule has 0 N–H and O–H groups in total. The zero-order chi connectivity index (χ0) is 22.2. The number of hydrogen-bond donors (Lipinski definition) is 0. The number of carbonyl (C=O) groups excluding carboxylic acids is 3. The topological polar surface area (TPSA) is 76.5 Å². The summed E-state index contributed by atoms with van der Waals surface area (Å²) >= 11 is 0. The van der Waals surface area contributed by atoms with Crippen LogP contribution >= 0.6 is 7.51 Å². The van der Waals surface area contributed by atoms with E-state index in [0.29, 0.717) is 11.1 Å². The lowest BCUT2D eigenvalue weighted by molar-refractivity contribution is 0.0926. The van der Waals surface area contributed by atoms with Crippen molar-refractivity contribution in [3.63, 3.8) is 0 Å². The monoisotopic (exact) mass is 427 g/mol. The molecule has 0 fully saturated rings. The number of benzene rings is 2. The van der Waals surface area contributed by atoms with Crippen molar-refractivity contribution in [3.8, 4) is 0 Å². The molecule has 2 aromatic carbocycles. The zero-order valence-electron chi connectivity index (χ0n) is 18.0. The van der Waals surface area contributed by atoms with Crippen LogP contribution in [-0.4, -0.2) is 74.0 Å². The van der Waals surface area contributed by atoms with E-state index in [9.17, 15) is 14.4 Å². The van der Waals surface area contributed by atoms with Gasteiger partial charge in [0.2, 0.25) is 0 Å². The second kappa shape index (κ2) is 8.24. The number of fused-ring (bicyclic) bond motifs is 1. The van der Waals surface area contributed by atoms with E-state index in [2.05, 4.69) is 4.74 Å². The predicted molar refractivity (Wildman–Crippen MR) is 119 cm³/mol. The number of rotatable bonds is 5. The Morgan fingerprint density at radius 2 is 1.20 bits per heavy atom. The Balaban J connectivity index is 2.14. The molecule has 8 nitrogen and oxygen atoms in total. The molecule has 1 aliphatic heterocycles. The highest BCUT2D eigenvalue weighted by Gasteiger charge is 2.38. The van der Waals surface area contributed by atoms with Crippen LogP contribution in [0.1, 0.15) is 31.1 Å². The Kier molecular flexibility index (Phi) is 6.06. The molecule has 0 saturated heterocycles. The van der Waals surface area contributed by atoms with Crippen LogP contribution in [0.25, 0.3) is 0 Å². The fraction of sp³-hybridized carbons (Fsp3) is 0.286. The minimum Gasteiger partial charge on any atom is -0.268 e. The van der Waals surface area contributed by atoms with Gasteiger partial charge in [-0.2, -0.15) is 4.74 Å². The second-order valence-electron chi connectivity index (χ2n) is 7.49. The number of imide groups is 1. The lowest BCUT2D eigenvalue weighted by Gasteiger charge is -2.40. The van der Waals surface area contributed by atoms with E-state index in [1.165, 1.54) is 0 Å². The van der Waals surface area contributed by atoms with Gasteiger partial charge in [0.1, 0.15) is 0 Å². The molecule has 1 heterocycles. The molecule has 2 aromatic rings. The van der Waals surface area contributed by atoms with Gasteiger partial charge in [-0.05, 0) is 66.6 Å². The van der Waals surface area contributed by atoms with Crippen molar-refractivity contribution < 1.29 is 14.4 Å². The molecule has 1 aliphatic rings. The summed E-state index contributed by atoms with van der Waals surface area (Å²) in [5, 5.41) is 0. The Morgan fingerprint density at radius 1 is 0.767 bits per heavy atom. The molecule has 0 radical (unpaired) electrons. The van der Waals surface area contributed by atoms with Crippen molar-refractivity contribution in [1.29, 1.82) is 0 Å². The van der Waals surface area contributed by atoms with Crippen molar-refractivity contribution in [2.45, 2.75) is 0 Å². The van der Waals surface area contributed by atoms with Gasteiger partial charge in [0.05, 0.1) is 22.4 Å². The number of carbonyl (C=O) groups is 3. The average Bonchev–Trinajstić information content (AvgIpc) is 2.95. The summed E-state index contributed by atoms with van der Waals surface area (Å²) in [6, 6.07) is 13.3. The third kappa shape index (κ3) is 3.42. The van der Waals surface area contributed by atoms with Crippen molar-refractivity contribution in [3.05, 3.63) is 65.2 Å². The molecule has 0 unspecified atom stereocenters. The molecule has 0 bridgehead atoms. The highest BCUT2D eigenvalue weighted by Crippen LogP contribution is 2.55. The summed E-state index contributed by atoms with van der Waals surface area (Å²) in [7, 11) is 8.77. The first-order valence-corrected chi connectivity index (χ1v) is 11.0. The molecule has 0 spiro atoms. The lowest BCUT2D eigenvalue weighted by atomic mass is 10.1. The minimum absolute atomic E-state index is 0.210. The number of anilines is 1. The van der Waals surface area contributed by atoms with E-state index >= 15 is 0 Å². The number of nitrogens with zero attached hydrogens (tertiary/aromatic N) is 5. The molecule has 30 heavy (non-hydrogen) atoms. The first-order chi connectivity index (χ1) is 14.1. The van der Waals surface area contributed by atoms with Gasteiger partial charge < -0.3 is 0 Å². The van der Waals surface area contributed by atoms with Crippen molar-refractivity contribution in [1.82, 2.24) is 14.0 Å². The number of amides is 3. The normalized spacial score (nSPS) is 14.1. The van der Waals surface area contributed by atoms with Gasteiger partial charge in [-0.25, -0.2) is 4.90 Å². The minimum atomic E-state index is -2.49. The molecular weight excluding hydrogens is 401 g/mol. The van der Waals surface area contributed by atoms with E-state index in [1.807, 2.05) is 56.3 Å². The quantitative estimate of drug-likeness (QED) is 0.539. The Bertz CT molecular complexity index is 1010. The fourth-order valence-electron chi connectivity index (χ4n) is 3.77. The van der Waals surface area contributed by atoms with Crippen LogP contribution in [0.15, 0.2) is 53.3 Å². The van der Waals surface area contributed by atoms with Gasteiger partial charge in [0, 0.05) is 0 Å². The average molecular weight is 427 g/mol. The number of hydrogen-bond acceptors (Lipinski definition) is 3. The van der Waals surface area contributed by atoms with E-state index < -0.39 is 25.2 Å². The van der Waals surface area contributed by atoms with E-state index in [0.717, 1.165) is 4.90 Å². The van der Waals surface area contributed by atoms with Gasteiger partial charge in [-0.3, -0.25) is 28.4 Å². The predicted octanol–water partition coefficient (Wildman–Crippen LogP) is 3.26. The summed E-state index contributed by atoms with van der Waals surface area (Å²) in [6.07, 6.45) is 0. The summed E-state index contributed by atoms with van der Waals surface area (Å²) in [5.41, 5.74) is 1.12. The van der Waals surface area contributed by atoms with Crippen LogP contribution in [-0.2, 0) is 0 Å². The SMILES string of the molecule is CN(C)P(=NC(=O)c1ccccc1N1C(=O)c2ccccc2C1=O)(N(C)C)N(C)C. The smallest absolute Gasteiger partial charge is 0.268 e. The van der Waals surface area contributed by atoms with E-state index in [1.54, 1.807) is 48.5 Å². The molecular formula is C21H26N5O3P. The van der Waals surface area contributed by atoms with Crippen molar-refractivity contribution in [2.24, 2.45) is 4.74 Å². The first kappa shape index (κ1) is 22.1. The number of para-hydroxylation sites is 1. The Morgan fingerprint density at radius 3 is 1.67 bits per heavy atom. The van der Waals surface area contributed by atoms with Crippen LogP contribution in [0.5, 0.6) is 0 Å². The maximum Gasteiger partial charge on any atom is 0.281 e. The molecule has 3 amide bonds. The van der Waals surface area contributed by atoms with E-state index in [-0.39, 0.29) is 11.3 Å². The third-order valence-corrected chi connectivity index (χ3v) is 8.67. The van der Waals surface area contributed by atoms with Crippen LogP contribution in [0.4, 0.5) is 5.69 Å². The van der Waals surface area contributed by atoms with Crippen LogP contribution in [0.2, 0.25) is 0 Å². The van der Waals surface area contributed by atoms with Gasteiger partial charge in [-0.15, -0.1) is 0 Å². The van der Waals surface area contributed by atoms with Crippen LogP contribution in [0.3, 0.4) is 0 Å². The van der Waals surface area contributed by atoms with Gasteiger partial charge in [0.15, 0.2) is 7.51 Å². The molecule has 0 aromatic heterocycles.